The summed E-state index contributed by atoms with van der Waals surface area (Å²) in [5.41, 5.74) is -0.498. The third-order valence-corrected chi connectivity index (χ3v) is 3.22. The highest BCUT2D eigenvalue weighted by molar-refractivity contribution is 5.85. The van der Waals surface area contributed by atoms with Gasteiger partial charge in [0.2, 0.25) is 5.91 Å². The van der Waals surface area contributed by atoms with Crippen molar-refractivity contribution in [3.05, 3.63) is 0 Å². The first-order valence-electron chi connectivity index (χ1n) is 6.76. The topological polar surface area (TPSA) is 81.7 Å². The van der Waals surface area contributed by atoms with E-state index in [2.05, 4.69) is 15.5 Å². The number of carbonyl (C=O) groups excluding carboxylic acids is 1. The van der Waals surface area contributed by atoms with Crippen LogP contribution in [-0.4, -0.2) is 60.6 Å². The molecule has 1 atom stereocenters. The Hall–Kier alpha value is -1.14. The van der Waals surface area contributed by atoms with E-state index < -0.39 is 17.4 Å². The molecule has 1 aliphatic rings. The predicted octanol–water partition coefficient (Wildman–Crippen LogP) is -0.103. The van der Waals surface area contributed by atoms with Crippen molar-refractivity contribution >= 4 is 11.9 Å². The molecule has 6 nitrogen and oxygen atoms in total. The Morgan fingerprint density at radius 1 is 1.32 bits per heavy atom. The van der Waals surface area contributed by atoms with Crippen LogP contribution >= 0.6 is 0 Å². The molecule has 6 heteroatoms. The Bertz CT molecular complexity index is 318. The molecule has 1 fully saturated rings. The van der Waals surface area contributed by atoms with Gasteiger partial charge < -0.3 is 15.7 Å². The van der Waals surface area contributed by atoms with Crippen LogP contribution in [0.5, 0.6) is 0 Å². The number of amides is 1. The van der Waals surface area contributed by atoms with Crippen LogP contribution in [0.2, 0.25) is 0 Å². The molecule has 0 aliphatic carbocycles. The van der Waals surface area contributed by atoms with Gasteiger partial charge >= 0.3 is 5.97 Å². The van der Waals surface area contributed by atoms with Crippen molar-refractivity contribution in [1.29, 1.82) is 0 Å². The highest BCUT2D eigenvalue weighted by atomic mass is 16.4. The van der Waals surface area contributed by atoms with Gasteiger partial charge in [-0.1, -0.05) is 20.8 Å². The molecular formula is C13H25N3O3. The van der Waals surface area contributed by atoms with Crippen LogP contribution in [0.3, 0.4) is 0 Å². The van der Waals surface area contributed by atoms with Crippen LogP contribution in [0, 0.1) is 5.41 Å². The summed E-state index contributed by atoms with van der Waals surface area (Å²) in [7, 11) is 0. The second-order valence-electron chi connectivity index (χ2n) is 6.08. The van der Waals surface area contributed by atoms with Crippen molar-refractivity contribution in [1.82, 2.24) is 15.5 Å². The largest absolute Gasteiger partial charge is 0.480 e. The minimum atomic E-state index is -0.988. The molecule has 1 rings (SSSR count). The number of hydrogen-bond donors (Lipinski definition) is 3. The van der Waals surface area contributed by atoms with Crippen molar-refractivity contribution in [2.24, 2.45) is 5.41 Å². The van der Waals surface area contributed by atoms with Gasteiger partial charge in [-0.15, -0.1) is 0 Å². The summed E-state index contributed by atoms with van der Waals surface area (Å²) in [4.78, 5) is 25.2. The second kappa shape index (κ2) is 6.86. The van der Waals surface area contributed by atoms with E-state index in [1.165, 1.54) is 0 Å². The number of carbonyl (C=O) groups is 2. The van der Waals surface area contributed by atoms with Crippen LogP contribution in [0.15, 0.2) is 0 Å². The molecule has 1 amide bonds. The van der Waals surface area contributed by atoms with Gasteiger partial charge in [0.05, 0.1) is 6.54 Å². The molecular weight excluding hydrogens is 246 g/mol. The van der Waals surface area contributed by atoms with Gasteiger partial charge in [-0.3, -0.25) is 9.69 Å². The molecule has 0 bridgehead atoms. The highest BCUT2D eigenvalue weighted by Gasteiger charge is 2.32. The molecule has 1 aliphatic heterocycles. The van der Waals surface area contributed by atoms with E-state index in [1.807, 2.05) is 20.8 Å². The Morgan fingerprint density at radius 3 is 2.58 bits per heavy atom. The van der Waals surface area contributed by atoms with Gasteiger partial charge in [0.1, 0.15) is 6.04 Å². The molecule has 1 saturated heterocycles. The Balaban J connectivity index is 2.50. The molecule has 0 radical (unpaired) electrons. The first-order valence-corrected chi connectivity index (χ1v) is 6.76. The number of carboxylic acid groups (broad SMARTS) is 1. The molecule has 1 heterocycles. The first kappa shape index (κ1) is 15.9. The summed E-state index contributed by atoms with van der Waals surface area (Å²) in [6, 6.07) is -0.856. The Labute approximate surface area is 114 Å². The van der Waals surface area contributed by atoms with Crippen LogP contribution < -0.4 is 10.6 Å². The van der Waals surface area contributed by atoms with Crippen LogP contribution in [0.1, 0.15) is 27.2 Å². The molecule has 0 aromatic carbocycles. The fourth-order valence-corrected chi connectivity index (χ4v) is 2.12. The highest BCUT2D eigenvalue weighted by Crippen LogP contribution is 2.19. The Morgan fingerprint density at radius 2 is 2.00 bits per heavy atom. The third kappa shape index (κ3) is 5.57. The fourth-order valence-electron chi connectivity index (χ4n) is 2.12. The van der Waals surface area contributed by atoms with E-state index in [1.54, 1.807) is 0 Å². The molecule has 19 heavy (non-hydrogen) atoms. The first-order chi connectivity index (χ1) is 8.80. The number of nitrogens with zero attached hydrogens (tertiary/aromatic N) is 1. The summed E-state index contributed by atoms with van der Waals surface area (Å²) in [5, 5.41) is 15.1. The van der Waals surface area contributed by atoms with Crippen molar-refractivity contribution in [2.75, 3.05) is 32.7 Å². The lowest BCUT2D eigenvalue weighted by atomic mass is 9.87. The average Bonchev–Trinajstić information content (AvgIpc) is 2.52. The zero-order valence-corrected chi connectivity index (χ0v) is 12.0. The van der Waals surface area contributed by atoms with E-state index in [-0.39, 0.29) is 12.5 Å². The molecule has 0 saturated carbocycles. The van der Waals surface area contributed by atoms with Gasteiger partial charge in [0.15, 0.2) is 0 Å². The van der Waals surface area contributed by atoms with E-state index in [4.69, 9.17) is 0 Å². The molecule has 0 spiro atoms. The lowest BCUT2D eigenvalue weighted by molar-refractivity contribution is -0.145. The number of hydrogen-bond acceptors (Lipinski definition) is 4. The van der Waals surface area contributed by atoms with Crippen LogP contribution in [0.4, 0.5) is 0 Å². The van der Waals surface area contributed by atoms with Gasteiger partial charge in [0, 0.05) is 13.1 Å². The SMILES string of the molecule is CC(C)(C)[C@@H](NC(=O)CN1CCCNCC1)C(=O)O. The van der Waals surface area contributed by atoms with Crippen molar-refractivity contribution in [2.45, 2.75) is 33.2 Å². The van der Waals surface area contributed by atoms with Gasteiger partial charge in [-0.25, -0.2) is 4.79 Å². The molecule has 3 N–H and O–H groups in total. The predicted molar refractivity (Wildman–Crippen MR) is 72.9 cm³/mol. The molecule has 0 aromatic rings. The second-order valence-corrected chi connectivity index (χ2v) is 6.08. The monoisotopic (exact) mass is 271 g/mol. The van der Waals surface area contributed by atoms with Crippen molar-refractivity contribution in [3.8, 4) is 0 Å². The number of aliphatic carboxylic acids is 1. The quantitative estimate of drug-likeness (QED) is 0.665. The third-order valence-electron chi connectivity index (χ3n) is 3.22. The van der Waals surface area contributed by atoms with E-state index in [9.17, 15) is 14.7 Å². The zero-order chi connectivity index (χ0) is 14.5. The fraction of sp³-hybridized carbons (Fsp3) is 0.846. The molecule has 0 aromatic heterocycles. The zero-order valence-electron chi connectivity index (χ0n) is 12.0. The normalized spacial score (nSPS) is 19.5. The lowest BCUT2D eigenvalue weighted by Gasteiger charge is -2.29. The summed E-state index contributed by atoms with van der Waals surface area (Å²) in [6.07, 6.45) is 1.01. The maximum absolute atomic E-state index is 11.9. The summed E-state index contributed by atoms with van der Waals surface area (Å²) < 4.78 is 0. The minimum absolute atomic E-state index is 0.218. The van der Waals surface area contributed by atoms with Crippen LogP contribution in [0.25, 0.3) is 0 Å². The minimum Gasteiger partial charge on any atom is -0.480 e. The van der Waals surface area contributed by atoms with Crippen molar-refractivity contribution < 1.29 is 14.7 Å². The maximum Gasteiger partial charge on any atom is 0.326 e. The molecule has 0 unspecified atom stereocenters. The lowest BCUT2D eigenvalue weighted by Crippen LogP contribution is -2.51. The van der Waals surface area contributed by atoms with Gasteiger partial charge in [-0.05, 0) is 24.9 Å². The summed E-state index contributed by atoms with van der Waals surface area (Å²) in [6.45, 7) is 9.22. The number of rotatable bonds is 4. The standard InChI is InChI=1S/C13H25N3O3/c1-13(2,3)11(12(18)19)15-10(17)9-16-7-4-5-14-6-8-16/h11,14H,4-9H2,1-3H3,(H,15,17)(H,18,19)/t11-/m0/s1. The number of carboxylic acids is 1. The smallest absolute Gasteiger partial charge is 0.326 e. The van der Waals surface area contributed by atoms with Crippen molar-refractivity contribution in [3.63, 3.8) is 0 Å². The summed E-state index contributed by atoms with van der Waals surface area (Å²) >= 11 is 0. The maximum atomic E-state index is 11.9. The van der Waals surface area contributed by atoms with Gasteiger partial charge in [0.25, 0.3) is 0 Å². The van der Waals surface area contributed by atoms with E-state index in [0.717, 1.165) is 32.6 Å². The average molecular weight is 271 g/mol. The van der Waals surface area contributed by atoms with Gasteiger partial charge in [-0.2, -0.15) is 0 Å². The molecule has 110 valence electrons. The Kier molecular flexibility index (Phi) is 5.75. The number of nitrogens with one attached hydrogen (secondary N) is 2. The van der Waals surface area contributed by atoms with E-state index in [0.29, 0.717) is 0 Å². The van der Waals surface area contributed by atoms with Crippen LogP contribution in [-0.2, 0) is 9.59 Å². The summed E-state index contributed by atoms with van der Waals surface area (Å²) in [5.74, 6) is -1.21. The van der Waals surface area contributed by atoms with E-state index >= 15 is 0 Å².